The molecule has 1 aliphatic rings. The average molecular weight is 339 g/mol. The van der Waals surface area contributed by atoms with E-state index >= 15 is 0 Å². The van der Waals surface area contributed by atoms with Gasteiger partial charge in [-0.25, -0.2) is 9.97 Å². The van der Waals surface area contributed by atoms with Gasteiger partial charge in [0.15, 0.2) is 0 Å². The molecule has 0 aliphatic heterocycles. The summed E-state index contributed by atoms with van der Waals surface area (Å²) in [5, 5.41) is 5.05. The third-order valence-electron chi connectivity index (χ3n) is 4.40. The number of hydrogen-bond donors (Lipinski definition) is 1. The van der Waals surface area contributed by atoms with Crippen LogP contribution in [0.2, 0.25) is 5.28 Å². The lowest BCUT2D eigenvalue weighted by molar-refractivity contribution is 0.316. The molecule has 0 radical (unpaired) electrons. The van der Waals surface area contributed by atoms with E-state index < -0.39 is 0 Å². The van der Waals surface area contributed by atoms with Gasteiger partial charge in [0.25, 0.3) is 0 Å². The van der Waals surface area contributed by atoms with Crippen LogP contribution in [0.4, 0.5) is 5.82 Å². The lowest BCUT2D eigenvalue weighted by atomic mass is 9.97. The van der Waals surface area contributed by atoms with Crippen molar-refractivity contribution in [3.8, 4) is 0 Å². The molecule has 6 heteroatoms. The van der Waals surface area contributed by atoms with E-state index in [1.54, 1.807) is 11.3 Å². The Balaban J connectivity index is 1.86. The first kappa shape index (κ1) is 16.0. The van der Waals surface area contributed by atoms with Crippen LogP contribution in [0.3, 0.4) is 0 Å². The van der Waals surface area contributed by atoms with E-state index in [9.17, 15) is 0 Å². The molecule has 0 atom stereocenters. The second-order valence-corrected chi connectivity index (χ2v) is 7.11. The van der Waals surface area contributed by atoms with Gasteiger partial charge in [0.2, 0.25) is 5.28 Å². The Bertz CT molecular complexity index is 651. The lowest BCUT2D eigenvalue weighted by Gasteiger charge is -2.18. The quantitative estimate of drug-likeness (QED) is 0.809. The summed E-state index contributed by atoms with van der Waals surface area (Å²) in [6.45, 7) is 8.44. The van der Waals surface area contributed by atoms with Crippen molar-refractivity contribution in [2.45, 2.75) is 39.5 Å². The molecule has 2 aromatic heterocycles. The molecule has 1 N–H and O–H groups in total. The molecule has 1 aliphatic carbocycles. The fourth-order valence-electron chi connectivity index (χ4n) is 3.13. The summed E-state index contributed by atoms with van der Waals surface area (Å²) < 4.78 is 0. The zero-order chi connectivity index (χ0) is 15.5. The number of hydrogen-bond acceptors (Lipinski definition) is 5. The SMILES string of the molecule is CCN(CC)CCNc1nc(Cl)nc2sc3c(c12)CCCC3. The molecule has 0 unspecified atom stereocenters. The zero-order valence-electron chi connectivity index (χ0n) is 13.3. The van der Waals surface area contributed by atoms with Gasteiger partial charge in [-0.05, 0) is 55.9 Å². The number of thiophene rings is 1. The minimum absolute atomic E-state index is 0.344. The van der Waals surface area contributed by atoms with Crippen molar-refractivity contribution < 1.29 is 0 Å². The Morgan fingerprint density at radius 2 is 1.95 bits per heavy atom. The summed E-state index contributed by atoms with van der Waals surface area (Å²) in [6.07, 6.45) is 4.87. The predicted octanol–water partition coefficient (Wildman–Crippen LogP) is 3.98. The maximum absolute atomic E-state index is 6.12. The maximum atomic E-state index is 6.12. The van der Waals surface area contributed by atoms with Gasteiger partial charge in [-0.2, -0.15) is 0 Å². The lowest BCUT2D eigenvalue weighted by Crippen LogP contribution is -2.28. The van der Waals surface area contributed by atoms with Crippen LogP contribution in [0.5, 0.6) is 0 Å². The molecule has 4 nitrogen and oxygen atoms in total. The number of fused-ring (bicyclic) bond motifs is 3. The smallest absolute Gasteiger partial charge is 0.225 e. The van der Waals surface area contributed by atoms with Gasteiger partial charge in [0, 0.05) is 18.0 Å². The molecule has 2 heterocycles. The highest BCUT2D eigenvalue weighted by atomic mass is 35.5. The Kier molecular flexibility index (Phi) is 5.16. The van der Waals surface area contributed by atoms with Crippen molar-refractivity contribution in [1.29, 1.82) is 0 Å². The molecule has 0 spiro atoms. The fourth-order valence-corrected chi connectivity index (χ4v) is 4.61. The number of halogens is 1. The monoisotopic (exact) mass is 338 g/mol. The number of likely N-dealkylation sites (N-methyl/N-ethyl adjacent to an activating group) is 1. The summed E-state index contributed by atoms with van der Waals surface area (Å²) >= 11 is 7.91. The van der Waals surface area contributed by atoms with Crippen LogP contribution in [0.1, 0.15) is 37.1 Å². The van der Waals surface area contributed by atoms with Crippen molar-refractivity contribution >= 4 is 39.0 Å². The second kappa shape index (κ2) is 7.11. The molecule has 2 aromatic rings. The highest BCUT2D eigenvalue weighted by Gasteiger charge is 2.20. The van der Waals surface area contributed by atoms with E-state index in [4.69, 9.17) is 11.6 Å². The van der Waals surface area contributed by atoms with Crippen LogP contribution in [-0.2, 0) is 12.8 Å². The maximum Gasteiger partial charge on any atom is 0.225 e. The Hall–Kier alpha value is -0.910. The summed E-state index contributed by atoms with van der Waals surface area (Å²) in [7, 11) is 0. The Morgan fingerprint density at radius 1 is 1.18 bits per heavy atom. The molecule has 0 amide bonds. The summed E-state index contributed by atoms with van der Waals surface area (Å²) in [6, 6.07) is 0. The number of nitrogens with one attached hydrogen (secondary N) is 1. The standard InChI is InChI=1S/C16H23ClN4S/c1-3-21(4-2)10-9-18-14-13-11-7-5-6-8-12(11)22-15(13)20-16(17)19-14/h3-10H2,1-2H3,(H,18,19,20). The minimum Gasteiger partial charge on any atom is -0.368 e. The van der Waals surface area contributed by atoms with Crippen LogP contribution >= 0.6 is 22.9 Å². The first-order valence-corrected chi connectivity index (χ1v) is 9.36. The van der Waals surface area contributed by atoms with E-state index in [-0.39, 0.29) is 0 Å². The summed E-state index contributed by atoms with van der Waals surface area (Å²) in [5.41, 5.74) is 1.45. The van der Waals surface area contributed by atoms with Crippen LogP contribution in [0.15, 0.2) is 0 Å². The van der Waals surface area contributed by atoms with Crippen molar-refractivity contribution in [2.24, 2.45) is 0 Å². The van der Waals surface area contributed by atoms with Crippen molar-refractivity contribution in [2.75, 3.05) is 31.5 Å². The molecule has 0 saturated heterocycles. The molecule has 0 fully saturated rings. The summed E-state index contributed by atoms with van der Waals surface area (Å²) in [4.78, 5) is 13.8. The van der Waals surface area contributed by atoms with E-state index in [1.165, 1.54) is 35.1 Å². The van der Waals surface area contributed by atoms with Gasteiger partial charge in [-0.15, -0.1) is 11.3 Å². The van der Waals surface area contributed by atoms with Gasteiger partial charge in [-0.3, -0.25) is 0 Å². The molecule has 120 valence electrons. The predicted molar refractivity (Wildman–Crippen MR) is 95.3 cm³/mol. The van der Waals surface area contributed by atoms with E-state index in [2.05, 4.69) is 34.0 Å². The fraction of sp³-hybridized carbons (Fsp3) is 0.625. The zero-order valence-corrected chi connectivity index (χ0v) is 14.9. The van der Waals surface area contributed by atoms with Crippen LogP contribution in [-0.4, -0.2) is 41.0 Å². The van der Waals surface area contributed by atoms with Gasteiger partial charge in [0.1, 0.15) is 10.6 Å². The van der Waals surface area contributed by atoms with Crippen LogP contribution in [0.25, 0.3) is 10.2 Å². The molecule has 3 rings (SSSR count). The number of nitrogens with zero attached hydrogens (tertiary/aromatic N) is 3. The molecule has 0 bridgehead atoms. The Labute approximate surface area is 140 Å². The van der Waals surface area contributed by atoms with Crippen molar-refractivity contribution in [1.82, 2.24) is 14.9 Å². The van der Waals surface area contributed by atoms with E-state index in [0.29, 0.717) is 5.28 Å². The first-order chi connectivity index (χ1) is 10.7. The van der Waals surface area contributed by atoms with Crippen LogP contribution < -0.4 is 5.32 Å². The number of aromatic nitrogens is 2. The topological polar surface area (TPSA) is 41.0 Å². The van der Waals surface area contributed by atoms with Crippen molar-refractivity contribution in [3.05, 3.63) is 15.7 Å². The number of anilines is 1. The van der Waals surface area contributed by atoms with Crippen molar-refractivity contribution in [3.63, 3.8) is 0 Å². The molecular formula is C16H23ClN4S. The average Bonchev–Trinajstić information content (AvgIpc) is 2.89. The van der Waals surface area contributed by atoms with Gasteiger partial charge < -0.3 is 10.2 Å². The highest BCUT2D eigenvalue weighted by Crippen LogP contribution is 2.38. The second-order valence-electron chi connectivity index (χ2n) is 5.69. The largest absolute Gasteiger partial charge is 0.368 e. The van der Waals surface area contributed by atoms with Gasteiger partial charge >= 0.3 is 0 Å². The first-order valence-electron chi connectivity index (χ1n) is 8.17. The number of aryl methyl sites for hydroxylation is 2. The molecule has 22 heavy (non-hydrogen) atoms. The minimum atomic E-state index is 0.344. The molecule has 0 saturated carbocycles. The van der Waals surface area contributed by atoms with Gasteiger partial charge in [0.05, 0.1) is 5.39 Å². The van der Waals surface area contributed by atoms with E-state index in [1.807, 2.05) is 0 Å². The number of rotatable bonds is 6. The highest BCUT2D eigenvalue weighted by molar-refractivity contribution is 7.19. The third-order valence-corrected chi connectivity index (χ3v) is 5.76. The summed E-state index contributed by atoms with van der Waals surface area (Å²) in [5.74, 6) is 0.918. The molecular weight excluding hydrogens is 316 g/mol. The molecule has 0 aromatic carbocycles. The third kappa shape index (κ3) is 3.21. The van der Waals surface area contributed by atoms with Gasteiger partial charge in [-0.1, -0.05) is 13.8 Å². The van der Waals surface area contributed by atoms with Crippen LogP contribution in [0, 0.1) is 0 Å². The van der Waals surface area contributed by atoms with E-state index in [0.717, 1.165) is 43.2 Å². The normalized spacial score (nSPS) is 14.5. The Morgan fingerprint density at radius 3 is 2.73 bits per heavy atom.